The van der Waals surface area contributed by atoms with Gasteiger partial charge in [0.15, 0.2) is 0 Å². The smallest absolute Gasteiger partial charge is 0.269 e. The topological polar surface area (TPSA) is 81.2 Å². The summed E-state index contributed by atoms with van der Waals surface area (Å²) in [5.41, 5.74) is 2.11. The second-order valence-corrected chi connectivity index (χ2v) is 5.24. The minimum Gasteiger partial charge on any atom is -0.508 e. The molecule has 0 amide bonds. The van der Waals surface area contributed by atoms with Gasteiger partial charge < -0.3 is 9.67 Å². The molecule has 3 rings (SSSR count). The quantitative estimate of drug-likeness (QED) is 0.580. The van der Waals surface area contributed by atoms with Crippen LogP contribution in [0.15, 0.2) is 60.9 Å². The van der Waals surface area contributed by atoms with E-state index in [0.29, 0.717) is 13.0 Å². The molecule has 0 atom stereocenters. The average Bonchev–Trinajstić information content (AvgIpc) is 2.97. The number of non-ortho nitro benzene ring substituents is 1. The molecule has 0 bridgehead atoms. The summed E-state index contributed by atoms with van der Waals surface area (Å²) in [7, 11) is 0. The normalized spacial score (nSPS) is 10.6. The van der Waals surface area contributed by atoms with Crippen LogP contribution in [0.25, 0.3) is 0 Å². The first-order valence-corrected chi connectivity index (χ1v) is 7.13. The number of imidazole rings is 1. The van der Waals surface area contributed by atoms with Crippen LogP contribution in [0.2, 0.25) is 0 Å². The van der Waals surface area contributed by atoms with Gasteiger partial charge in [-0.05, 0) is 23.3 Å². The minimum atomic E-state index is -0.407. The molecule has 0 fully saturated rings. The van der Waals surface area contributed by atoms with E-state index in [-0.39, 0.29) is 11.4 Å². The second kappa shape index (κ2) is 6.31. The van der Waals surface area contributed by atoms with Gasteiger partial charge in [0.25, 0.3) is 5.69 Å². The van der Waals surface area contributed by atoms with Crippen LogP contribution in [0.5, 0.6) is 5.75 Å². The largest absolute Gasteiger partial charge is 0.508 e. The molecule has 6 heteroatoms. The molecule has 23 heavy (non-hydrogen) atoms. The number of nitrogens with zero attached hydrogens (tertiary/aromatic N) is 3. The second-order valence-electron chi connectivity index (χ2n) is 5.24. The van der Waals surface area contributed by atoms with E-state index in [1.54, 1.807) is 30.5 Å². The van der Waals surface area contributed by atoms with Crippen LogP contribution < -0.4 is 0 Å². The molecule has 0 unspecified atom stereocenters. The average molecular weight is 309 g/mol. The molecule has 0 aliphatic rings. The van der Waals surface area contributed by atoms with E-state index in [9.17, 15) is 15.2 Å². The van der Waals surface area contributed by atoms with E-state index in [1.165, 1.54) is 12.1 Å². The lowest BCUT2D eigenvalue weighted by Crippen LogP contribution is -2.05. The van der Waals surface area contributed by atoms with E-state index in [1.807, 2.05) is 22.9 Å². The zero-order valence-corrected chi connectivity index (χ0v) is 12.3. The predicted molar refractivity (Wildman–Crippen MR) is 85.3 cm³/mol. The summed E-state index contributed by atoms with van der Waals surface area (Å²) >= 11 is 0. The Morgan fingerprint density at radius 2 is 1.70 bits per heavy atom. The molecule has 2 aromatic carbocycles. The van der Waals surface area contributed by atoms with Gasteiger partial charge >= 0.3 is 0 Å². The number of nitro groups is 1. The number of hydrogen-bond acceptors (Lipinski definition) is 4. The maximum Gasteiger partial charge on any atom is 0.269 e. The van der Waals surface area contributed by atoms with E-state index in [0.717, 1.165) is 17.0 Å². The van der Waals surface area contributed by atoms with Crippen LogP contribution in [0.1, 0.15) is 17.0 Å². The van der Waals surface area contributed by atoms with Crippen molar-refractivity contribution in [1.82, 2.24) is 9.55 Å². The Morgan fingerprint density at radius 1 is 1.04 bits per heavy atom. The number of phenolic OH excluding ortho intramolecular Hbond substituents is 1. The first-order chi connectivity index (χ1) is 11.1. The summed E-state index contributed by atoms with van der Waals surface area (Å²) in [6.45, 7) is 0.655. The van der Waals surface area contributed by atoms with Gasteiger partial charge in [-0.15, -0.1) is 0 Å². The standard InChI is InChI=1S/C17H15N3O3/c21-16-7-3-14(4-8-16)12-19-10-9-18-17(19)11-13-1-5-15(6-2-13)20(22)23/h1-10,21H,11-12H2. The van der Waals surface area contributed by atoms with Gasteiger partial charge in [-0.3, -0.25) is 10.1 Å². The van der Waals surface area contributed by atoms with Crippen molar-refractivity contribution in [2.45, 2.75) is 13.0 Å². The van der Waals surface area contributed by atoms with Crippen molar-refractivity contribution in [2.24, 2.45) is 0 Å². The molecular formula is C17H15N3O3. The Bertz CT molecular complexity index is 808. The van der Waals surface area contributed by atoms with Crippen molar-refractivity contribution in [2.75, 3.05) is 0 Å². The van der Waals surface area contributed by atoms with Crippen molar-refractivity contribution >= 4 is 5.69 Å². The Morgan fingerprint density at radius 3 is 2.35 bits per heavy atom. The number of aromatic hydroxyl groups is 1. The van der Waals surface area contributed by atoms with Crippen molar-refractivity contribution in [1.29, 1.82) is 0 Å². The molecule has 3 aromatic rings. The van der Waals surface area contributed by atoms with Crippen LogP contribution in [0.4, 0.5) is 5.69 Å². The number of nitro benzene ring substituents is 1. The van der Waals surface area contributed by atoms with Gasteiger partial charge in [-0.25, -0.2) is 4.98 Å². The highest BCUT2D eigenvalue weighted by Crippen LogP contribution is 2.16. The first kappa shape index (κ1) is 14.8. The predicted octanol–water partition coefficient (Wildman–Crippen LogP) is 3.14. The number of aromatic nitrogens is 2. The molecule has 0 spiro atoms. The summed E-state index contributed by atoms with van der Waals surface area (Å²) < 4.78 is 2.02. The third-order valence-corrected chi connectivity index (χ3v) is 3.60. The Hall–Kier alpha value is -3.15. The molecular weight excluding hydrogens is 294 g/mol. The molecule has 0 radical (unpaired) electrons. The molecule has 0 saturated carbocycles. The van der Waals surface area contributed by atoms with Crippen LogP contribution in [0, 0.1) is 10.1 Å². The molecule has 0 saturated heterocycles. The SMILES string of the molecule is O=[N+]([O-])c1ccc(Cc2nccn2Cc2ccc(O)cc2)cc1. The molecule has 0 aliphatic heterocycles. The fourth-order valence-electron chi connectivity index (χ4n) is 2.37. The fourth-order valence-corrected chi connectivity index (χ4v) is 2.37. The highest BCUT2D eigenvalue weighted by molar-refractivity contribution is 5.34. The lowest BCUT2D eigenvalue weighted by atomic mass is 10.1. The first-order valence-electron chi connectivity index (χ1n) is 7.13. The Labute approximate surface area is 132 Å². The molecule has 1 N–H and O–H groups in total. The lowest BCUT2D eigenvalue weighted by Gasteiger charge is -2.08. The summed E-state index contributed by atoms with van der Waals surface area (Å²) in [5, 5.41) is 20.0. The number of rotatable bonds is 5. The highest BCUT2D eigenvalue weighted by atomic mass is 16.6. The Balaban J connectivity index is 1.75. The molecule has 1 aromatic heterocycles. The van der Waals surface area contributed by atoms with Gasteiger partial charge in [0, 0.05) is 37.5 Å². The third-order valence-electron chi connectivity index (χ3n) is 3.60. The molecule has 6 nitrogen and oxygen atoms in total. The summed E-state index contributed by atoms with van der Waals surface area (Å²) in [6.07, 6.45) is 4.23. The van der Waals surface area contributed by atoms with Crippen molar-refractivity contribution in [3.05, 3.63) is 88.0 Å². The zero-order chi connectivity index (χ0) is 16.2. The minimum absolute atomic E-state index is 0.0844. The molecule has 116 valence electrons. The summed E-state index contributed by atoms with van der Waals surface area (Å²) in [5.74, 6) is 1.12. The maximum absolute atomic E-state index is 10.7. The monoisotopic (exact) mass is 309 g/mol. The number of benzene rings is 2. The van der Waals surface area contributed by atoms with E-state index in [4.69, 9.17) is 0 Å². The van der Waals surface area contributed by atoms with Gasteiger partial charge in [-0.2, -0.15) is 0 Å². The zero-order valence-electron chi connectivity index (χ0n) is 12.3. The summed E-state index contributed by atoms with van der Waals surface area (Å²) in [6, 6.07) is 13.5. The van der Waals surface area contributed by atoms with Gasteiger partial charge in [-0.1, -0.05) is 24.3 Å². The van der Waals surface area contributed by atoms with Crippen molar-refractivity contribution < 1.29 is 10.0 Å². The molecule has 1 heterocycles. The van der Waals surface area contributed by atoms with Crippen LogP contribution in [0.3, 0.4) is 0 Å². The van der Waals surface area contributed by atoms with Crippen LogP contribution in [-0.2, 0) is 13.0 Å². The van der Waals surface area contributed by atoms with E-state index >= 15 is 0 Å². The van der Waals surface area contributed by atoms with Gasteiger partial charge in [0.2, 0.25) is 0 Å². The van der Waals surface area contributed by atoms with E-state index < -0.39 is 4.92 Å². The van der Waals surface area contributed by atoms with Gasteiger partial charge in [0.05, 0.1) is 4.92 Å². The van der Waals surface area contributed by atoms with E-state index in [2.05, 4.69) is 4.98 Å². The lowest BCUT2D eigenvalue weighted by molar-refractivity contribution is -0.384. The highest BCUT2D eigenvalue weighted by Gasteiger charge is 2.08. The van der Waals surface area contributed by atoms with Crippen LogP contribution >= 0.6 is 0 Å². The third kappa shape index (κ3) is 3.55. The van der Waals surface area contributed by atoms with Gasteiger partial charge in [0.1, 0.15) is 11.6 Å². The van der Waals surface area contributed by atoms with Crippen LogP contribution in [-0.4, -0.2) is 19.6 Å². The van der Waals surface area contributed by atoms with Crippen molar-refractivity contribution in [3.8, 4) is 5.75 Å². The van der Waals surface area contributed by atoms with Crippen molar-refractivity contribution in [3.63, 3.8) is 0 Å². The summed E-state index contributed by atoms with van der Waals surface area (Å²) in [4.78, 5) is 14.6. The number of hydrogen-bond donors (Lipinski definition) is 1. The fraction of sp³-hybridized carbons (Fsp3) is 0.118. The maximum atomic E-state index is 10.7. The Kier molecular flexibility index (Phi) is 4.05. The molecule has 0 aliphatic carbocycles. The number of phenols is 1.